The van der Waals surface area contributed by atoms with Crippen molar-refractivity contribution in [1.82, 2.24) is 9.55 Å². The lowest BCUT2D eigenvalue weighted by Crippen LogP contribution is -2.14. The second kappa shape index (κ2) is 7.60. The van der Waals surface area contributed by atoms with Gasteiger partial charge in [-0.3, -0.25) is 9.59 Å². The SMILES string of the molecule is NC(=O)c1cccc(-n2ccc3cc(NC(=O)c4cccc(C(F)(F)F)c4)ccc32)n1. The van der Waals surface area contributed by atoms with Crippen molar-refractivity contribution in [2.75, 3.05) is 5.32 Å². The lowest BCUT2D eigenvalue weighted by molar-refractivity contribution is -0.137. The zero-order valence-corrected chi connectivity index (χ0v) is 15.9. The number of anilines is 1. The molecule has 0 fully saturated rings. The summed E-state index contributed by atoms with van der Waals surface area (Å²) in [4.78, 5) is 28.0. The van der Waals surface area contributed by atoms with E-state index in [1.165, 1.54) is 18.2 Å². The third-order valence-electron chi connectivity index (χ3n) is 4.63. The van der Waals surface area contributed by atoms with Gasteiger partial charge in [-0.2, -0.15) is 13.2 Å². The molecule has 4 rings (SSSR count). The minimum absolute atomic E-state index is 0.0973. The van der Waals surface area contributed by atoms with E-state index in [0.717, 1.165) is 23.0 Å². The average Bonchev–Trinajstić information content (AvgIpc) is 3.16. The monoisotopic (exact) mass is 424 g/mol. The number of carbonyl (C=O) groups is 2. The van der Waals surface area contributed by atoms with Gasteiger partial charge in [-0.1, -0.05) is 12.1 Å². The highest BCUT2D eigenvalue weighted by Gasteiger charge is 2.30. The van der Waals surface area contributed by atoms with Crippen molar-refractivity contribution in [3.63, 3.8) is 0 Å². The molecule has 0 radical (unpaired) electrons. The predicted octanol–water partition coefficient (Wildman–Crippen LogP) is 4.40. The summed E-state index contributed by atoms with van der Waals surface area (Å²) in [5, 5.41) is 3.37. The number of fused-ring (bicyclic) bond motifs is 1. The van der Waals surface area contributed by atoms with Crippen molar-refractivity contribution in [2.24, 2.45) is 5.73 Å². The Balaban J connectivity index is 1.61. The van der Waals surface area contributed by atoms with Gasteiger partial charge in [0.05, 0.1) is 11.1 Å². The molecule has 4 aromatic rings. The number of hydrogen-bond donors (Lipinski definition) is 2. The maximum atomic E-state index is 12.9. The third kappa shape index (κ3) is 4.11. The van der Waals surface area contributed by atoms with Gasteiger partial charge in [-0.05, 0) is 54.6 Å². The number of nitrogens with two attached hydrogens (primary N) is 1. The smallest absolute Gasteiger partial charge is 0.364 e. The van der Waals surface area contributed by atoms with Crippen LogP contribution in [0, 0.1) is 0 Å². The van der Waals surface area contributed by atoms with Gasteiger partial charge in [0.1, 0.15) is 11.5 Å². The number of nitrogens with zero attached hydrogens (tertiary/aromatic N) is 2. The zero-order chi connectivity index (χ0) is 22.2. The number of nitrogens with one attached hydrogen (secondary N) is 1. The van der Waals surface area contributed by atoms with Crippen LogP contribution in [0.25, 0.3) is 16.7 Å². The third-order valence-corrected chi connectivity index (χ3v) is 4.63. The molecule has 0 atom stereocenters. The van der Waals surface area contributed by atoms with Crippen LogP contribution in [0.4, 0.5) is 18.9 Å². The number of benzene rings is 2. The highest BCUT2D eigenvalue weighted by Crippen LogP contribution is 2.30. The minimum atomic E-state index is -4.53. The molecule has 2 heterocycles. The van der Waals surface area contributed by atoms with Crippen LogP contribution >= 0.6 is 0 Å². The number of halogens is 3. The number of aromatic nitrogens is 2. The first-order valence-electron chi connectivity index (χ1n) is 9.09. The lowest BCUT2D eigenvalue weighted by Gasteiger charge is -2.10. The largest absolute Gasteiger partial charge is 0.416 e. The number of rotatable bonds is 4. The summed E-state index contributed by atoms with van der Waals surface area (Å²) >= 11 is 0. The first-order chi connectivity index (χ1) is 14.7. The molecule has 0 aliphatic heterocycles. The van der Waals surface area contributed by atoms with Gasteiger partial charge in [0.2, 0.25) is 0 Å². The molecule has 31 heavy (non-hydrogen) atoms. The zero-order valence-electron chi connectivity index (χ0n) is 15.9. The fourth-order valence-electron chi connectivity index (χ4n) is 3.15. The first-order valence-corrected chi connectivity index (χ1v) is 9.09. The normalized spacial score (nSPS) is 11.5. The second-order valence-electron chi connectivity index (χ2n) is 6.74. The van der Waals surface area contributed by atoms with Crippen molar-refractivity contribution >= 4 is 28.4 Å². The van der Waals surface area contributed by atoms with Gasteiger partial charge in [0.15, 0.2) is 0 Å². The summed E-state index contributed by atoms with van der Waals surface area (Å²) in [5.41, 5.74) is 5.60. The number of primary amides is 1. The number of amides is 2. The van der Waals surface area contributed by atoms with E-state index in [1.807, 2.05) is 0 Å². The molecule has 0 aliphatic rings. The Morgan fingerprint density at radius 3 is 2.48 bits per heavy atom. The molecule has 156 valence electrons. The van der Waals surface area contributed by atoms with Crippen LogP contribution in [-0.2, 0) is 6.18 Å². The van der Waals surface area contributed by atoms with Crippen molar-refractivity contribution in [3.05, 3.63) is 89.7 Å². The van der Waals surface area contributed by atoms with Crippen molar-refractivity contribution in [2.45, 2.75) is 6.18 Å². The summed E-state index contributed by atoms with van der Waals surface area (Å²) in [6.45, 7) is 0. The van der Waals surface area contributed by atoms with E-state index < -0.39 is 23.6 Å². The summed E-state index contributed by atoms with van der Waals surface area (Å²) < 4.78 is 40.4. The van der Waals surface area contributed by atoms with Crippen LogP contribution in [0.15, 0.2) is 72.9 Å². The molecule has 0 saturated heterocycles. The fourth-order valence-corrected chi connectivity index (χ4v) is 3.15. The lowest BCUT2D eigenvalue weighted by atomic mass is 10.1. The van der Waals surface area contributed by atoms with Gasteiger partial charge in [0, 0.05) is 22.8 Å². The Bertz CT molecular complexity index is 1310. The van der Waals surface area contributed by atoms with E-state index in [9.17, 15) is 22.8 Å². The minimum Gasteiger partial charge on any atom is -0.364 e. The van der Waals surface area contributed by atoms with Crippen LogP contribution < -0.4 is 11.1 Å². The Kier molecular flexibility index (Phi) is 4.94. The maximum Gasteiger partial charge on any atom is 0.416 e. The second-order valence-corrected chi connectivity index (χ2v) is 6.74. The van der Waals surface area contributed by atoms with Crippen LogP contribution in [0.1, 0.15) is 26.4 Å². The highest BCUT2D eigenvalue weighted by atomic mass is 19.4. The average molecular weight is 424 g/mol. The van der Waals surface area contributed by atoms with Crippen LogP contribution in [0.3, 0.4) is 0 Å². The van der Waals surface area contributed by atoms with Crippen LogP contribution in [-0.4, -0.2) is 21.4 Å². The maximum absolute atomic E-state index is 12.9. The first kappa shape index (κ1) is 20.1. The number of pyridine rings is 1. The van der Waals surface area contributed by atoms with Gasteiger partial charge < -0.3 is 15.6 Å². The number of hydrogen-bond acceptors (Lipinski definition) is 3. The van der Waals surface area contributed by atoms with Gasteiger partial charge in [-0.15, -0.1) is 0 Å². The molecule has 0 spiro atoms. The van der Waals surface area contributed by atoms with Crippen LogP contribution in [0.2, 0.25) is 0 Å². The van der Waals surface area contributed by atoms with E-state index in [2.05, 4.69) is 10.3 Å². The standard InChI is InChI=1S/C22H15F3N4O2/c23-22(24,25)15-4-1-3-14(11-15)21(31)27-16-7-8-18-13(12-16)9-10-29(18)19-6-2-5-17(28-19)20(26)30/h1-12H,(H2,26,30)(H,27,31). The van der Waals surface area contributed by atoms with Crippen molar-refractivity contribution in [1.29, 1.82) is 0 Å². The Labute approximate surface area is 174 Å². The molecular formula is C22H15F3N4O2. The van der Waals surface area contributed by atoms with Crippen molar-refractivity contribution in [3.8, 4) is 5.82 Å². The van der Waals surface area contributed by atoms with Gasteiger partial charge in [-0.25, -0.2) is 4.98 Å². The van der Waals surface area contributed by atoms with E-state index in [4.69, 9.17) is 5.73 Å². The number of carbonyl (C=O) groups excluding carboxylic acids is 2. The van der Waals surface area contributed by atoms with E-state index >= 15 is 0 Å². The molecule has 2 aromatic carbocycles. The molecular weight excluding hydrogens is 409 g/mol. The van der Waals surface area contributed by atoms with Crippen molar-refractivity contribution < 1.29 is 22.8 Å². The van der Waals surface area contributed by atoms with E-state index in [1.54, 1.807) is 47.2 Å². The van der Waals surface area contributed by atoms with Gasteiger partial charge >= 0.3 is 6.18 Å². The van der Waals surface area contributed by atoms with Gasteiger partial charge in [0.25, 0.3) is 11.8 Å². The summed E-state index contributed by atoms with van der Waals surface area (Å²) in [5.74, 6) is -0.800. The molecule has 2 aromatic heterocycles. The molecule has 0 bridgehead atoms. The predicted molar refractivity (Wildman–Crippen MR) is 109 cm³/mol. The number of alkyl halides is 3. The quantitative estimate of drug-likeness (QED) is 0.509. The Morgan fingerprint density at radius 2 is 1.74 bits per heavy atom. The molecule has 0 aliphatic carbocycles. The van der Waals surface area contributed by atoms with Crippen LogP contribution in [0.5, 0.6) is 0 Å². The van der Waals surface area contributed by atoms with E-state index in [0.29, 0.717) is 11.5 Å². The fraction of sp³-hybridized carbons (Fsp3) is 0.0455. The molecule has 2 amide bonds. The summed E-state index contributed by atoms with van der Waals surface area (Å²) in [7, 11) is 0. The Hall–Kier alpha value is -4.14. The molecule has 9 heteroatoms. The molecule has 0 saturated carbocycles. The molecule has 0 unspecified atom stereocenters. The molecule has 6 nitrogen and oxygen atoms in total. The Morgan fingerprint density at radius 1 is 0.968 bits per heavy atom. The summed E-state index contributed by atoms with van der Waals surface area (Å²) in [6, 6.07) is 16.0. The topological polar surface area (TPSA) is 90.0 Å². The highest BCUT2D eigenvalue weighted by molar-refractivity contribution is 6.05. The summed E-state index contributed by atoms with van der Waals surface area (Å²) in [6.07, 6.45) is -2.78. The molecule has 3 N–H and O–H groups in total. The van der Waals surface area contributed by atoms with E-state index in [-0.39, 0.29) is 11.3 Å².